The molecule has 0 bridgehead atoms. The molecule has 0 radical (unpaired) electrons. The van der Waals surface area contributed by atoms with E-state index in [9.17, 15) is 4.39 Å². The molecule has 0 amide bonds. The summed E-state index contributed by atoms with van der Waals surface area (Å²) in [6.45, 7) is 3.64. The van der Waals surface area contributed by atoms with Crippen molar-refractivity contribution >= 4 is 17.2 Å². The zero-order valence-corrected chi connectivity index (χ0v) is 10.6. The Balaban J connectivity index is 2.46. The molecule has 0 atom stereocenters. The molecule has 0 aliphatic carbocycles. The smallest absolute Gasteiger partial charge is 0.165 e. The van der Waals surface area contributed by atoms with Gasteiger partial charge in [0.05, 0.1) is 6.61 Å². The molecule has 0 unspecified atom stereocenters. The molecular weight excluding hydrogens is 241 g/mol. The summed E-state index contributed by atoms with van der Waals surface area (Å²) in [7, 11) is 0. The van der Waals surface area contributed by atoms with Crippen LogP contribution in [0.4, 0.5) is 4.39 Å². The van der Waals surface area contributed by atoms with E-state index < -0.39 is 5.82 Å². The summed E-state index contributed by atoms with van der Waals surface area (Å²) in [6.07, 6.45) is 0.727. The van der Waals surface area contributed by atoms with Gasteiger partial charge in [-0.3, -0.25) is 0 Å². The Bertz CT molecular complexity index is 385. The van der Waals surface area contributed by atoms with Crippen LogP contribution in [0.1, 0.15) is 18.9 Å². The molecule has 1 aromatic rings. The van der Waals surface area contributed by atoms with Crippen molar-refractivity contribution in [2.24, 2.45) is 5.73 Å². The van der Waals surface area contributed by atoms with Gasteiger partial charge in [-0.1, -0.05) is 12.2 Å². The summed E-state index contributed by atoms with van der Waals surface area (Å²) >= 11 is 4.75. The Kier molecular flexibility index (Phi) is 5.86. The summed E-state index contributed by atoms with van der Waals surface area (Å²) < 4.78 is 23.9. The fourth-order valence-electron chi connectivity index (χ4n) is 1.26. The number of hydrogen-bond donors (Lipinski definition) is 1. The van der Waals surface area contributed by atoms with Crippen LogP contribution in [0.5, 0.6) is 5.75 Å². The van der Waals surface area contributed by atoms with Crippen molar-refractivity contribution in [3.63, 3.8) is 0 Å². The average Bonchev–Trinajstić information content (AvgIpc) is 2.30. The van der Waals surface area contributed by atoms with Crippen LogP contribution in [0.2, 0.25) is 0 Å². The van der Waals surface area contributed by atoms with Crippen LogP contribution in [-0.2, 0) is 4.74 Å². The molecule has 0 saturated heterocycles. The number of nitrogens with two attached hydrogens (primary N) is 1. The second kappa shape index (κ2) is 7.19. The number of halogens is 1. The lowest BCUT2D eigenvalue weighted by molar-refractivity contribution is 0.130. The van der Waals surface area contributed by atoms with Gasteiger partial charge in [-0.05, 0) is 25.1 Å². The maximum atomic E-state index is 13.5. The molecule has 0 aromatic heterocycles. The highest BCUT2D eigenvalue weighted by Gasteiger charge is 2.05. The molecule has 0 fully saturated rings. The first-order valence-corrected chi connectivity index (χ1v) is 5.86. The lowest BCUT2D eigenvalue weighted by Crippen LogP contribution is -2.10. The lowest BCUT2D eigenvalue weighted by Gasteiger charge is -2.08. The number of hydrogen-bond acceptors (Lipinski definition) is 3. The summed E-state index contributed by atoms with van der Waals surface area (Å²) in [5, 5.41) is 0. The number of thiocarbonyl (C=S) groups is 1. The number of benzene rings is 1. The zero-order chi connectivity index (χ0) is 12.7. The topological polar surface area (TPSA) is 44.5 Å². The van der Waals surface area contributed by atoms with Crippen molar-refractivity contribution in [2.45, 2.75) is 13.3 Å². The molecule has 0 spiro atoms. The van der Waals surface area contributed by atoms with Crippen molar-refractivity contribution < 1.29 is 13.9 Å². The number of ether oxygens (including phenoxy) is 2. The third-order valence-corrected chi connectivity index (χ3v) is 2.35. The monoisotopic (exact) mass is 257 g/mol. The predicted octanol–water partition coefficient (Wildman–Crippen LogP) is 2.27. The van der Waals surface area contributed by atoms with E-state index in [2.05, 4.69) is 0 Å². The van der Waals surface area contributed by atoms with E-state index in [1.807, 2.05) is 6.92 Å². The summed E-state index contributed by atoms with van der Waals surface area (Å²) in [4.78, 5) is 0.173. The minimum absolute atomic E-state index is 0.173. The molecule has 5 heteroatoms. The number of rotatable bonds is 7. The predicted molar refractivity (Wildman–Crippen MR) is 68.9 cm³/mol. The molecule has 0 heterocycles. The van der Waals surface area contributed by atoms with E-state index in [4.69, 9.17) is 27.4 Å². The zero-order valence-electron chi connectivity index (χ0n) is 9.74. The Morgan fingerprint density at radius 3 is 2.76 bits per heavy atom. The maximum Gasteiger partial charge on any atom is 0.165 e. The SMILES string of the molecule is CCOCCCOc1ccc(C(N)=S)cc1F. The molecule has 2 N–H and O–H groups in total. The minimum atomic E-state index is -0.452. The molecule has 0 saturated carbocycles. The van der Waals surface area contributed by atoms with Crippen LogP contribution in [-0.4, -0.2) is 24.8 Å². The van der Waals surface area contributed by atoms with Gasteiger partial charge in [0.2, 0.25) is 0 Å². The van der Waals surface area contributed by atoms with Gasteiger partial charge in [0.15, 0.2) is 11.6 Å². The van der Waals surface area contributed by atoms with Gasteiger partial charge < -0.3 is 15.2 Å². The van der Waals surface area contributed by atoms with Gasteiger partial charge >= 0.3 is 0 Å². The first kappa shape index (κ1) is 13.9. The van der Waals surface area contributed by atoms with Crippen LogP contribution in [0.3, 0.4) is 0 Å². The molecule has 0 aliphatic rings. The second-order valence-electron chi connectivity index (χ2n) is 3.41. The van der Waals surface area contributed by atoms with E-state index in [1.54, 1.807) is 6.07 Å². The third-order valence-electron chi connectivity index (χ3n) is 2.11. The first-order chi connectivity index (χ1) is 8.15. The molecular formula is C12H16FNO2S. The molecule has 94 valence electrons. The molecule has 3 nitrogen and oxygen atoms in total. The van der Waals surface area contributed by atoms with Gasteiger partial charge in [0.1, 0.15) is 4.99 Å². The highest BCUT2D eigenvalue weighted by atomic mass is 32.1. The third kappa shape index (κ3) is 4.66. The second-order valence-corrected chi connectivity index (χ2v) is 3.85. The normalized spacial score (nSPS) is 10.2. The van der Waals surface area contributed by atoms with Gasteiger partial charge in [0, 0.05) is 25.2 Å². The molecule has 1 rings (SSSR count). The van der Waals surface area contributed by atoms with Crippen molar-refractivity contribution in [1.29, 1.82) is 0 Å². The fraction of sp³-hybridized carbons (Fsp3) is 0.417. The Morgan fingerprint density at radius 1 is 1.41 bits per heavy atom. The van der Waals surface area contributed by atoms with Crippen LogP contribution in [0.15, 0.2) is 18.2 Å². The first-order valence-electron chi connectivity index (χ1n) is 5.45. The van der Waals surface area contributed by atoms with E-state index in [0.717, 1.165) is 6.42 Å². The van der Waals surface area contributed by atoms with E-state index in [-0.39, 0.29) is 10.7 Å². The highest BCUT2D eigenvalue weighted by Crippen LogP contribution is 2.18. The molecule has 17 heavy (non-hydrogen) atoms. The van der Waals surface area contributed by atoms with Gasteiger partial charge in [-0.15, -0.1) is 0 Å². The van der Waals surface area contributed by atoms with Crippen molar-refractivity contribution in [3.8, 4) is 5.75 Å². The van der Waals surface area contributed by atoms with Crippen molar-refractivity contribution in [2.75, 3.05) is 19.8 Å². The van der Waals surface area contributed by atoms with E-state index >= 15 is 0 Å². The fourth-order valence-corrected chi connectivity index (χ4v) is 1.39. The van der Waals surface area contributed by atoms with Crippen LogP contribution in [0, 0.1) is 5.82 Å². The lowest BCUT2D eigenvalue weighted by atomic mass is 10.2. The van der Waals surface area contributed by atoms with Crippen LogP contribution < -0.4 is 10.5 Å². The van der Waals surface area contributed by atoms with Crippen LogP contribution in [0.25, 0.3) is 0 Å². The summed E-state index contributed by atoms with van der Waals surface area (Å²) in [6, 6.07) is 4.45. The average molecular weight is 257 g/mol. The van der Waals surface area contributed by atoms with Gasteiger partial charge in [-0.25, -0.2) is 4.39 Å². The minimum Gasteiger partial charge on any atom is -0.490 e. The van der Waals surface area contributed by atoms with Gasteiger partial charge in [-0.2, -0.15) is 0 Å². The van der Waals surface area contributed by atoms with E-state index in [0.29, 0.717) is 25.4 Å². The van der Waals surface area contributed by atoms with E-state index in [1.165, 1.54) is 12.1 Å². The Morgan fingerprint density at radius 2 is 2.18 bits per heavy atom. The molecule has 0 aliphatic heterocycles. The van der Waals surface area contributed by atoms with Crippen LogP contribution >= 0.6 is 12.2 Å². The van der Waals surface area contributed by atoms with Gasteiger partial charge in [0.25, 0.3) is 0 Å². The summed E-state index contributed by atoms with van der Waals surface area (Å²) in [5.41, 5.74) is 5.89. The standard InChI is InChI=1S/C12H16FNO2S/c1-2-15-6-3-7-16-11-5-4-9(12(14)17)8-10(11)13/h4-5,8H,2-3,6-7H2,1H3,(H2,14,17). The Labute approximate surface area is 106 Å². The van der Waals surface area contributed by atoms with Crippen molar-refractivity contribution in [3.05, 3.63) is 29.6 Å². The largest absolute Gasteiger partial charge is 0.490 e. The quantitative estimate of drug-likeness (QED) is 0.601. The highest BCUT2D eigenvalue weighted by molar-refractivity contribution is 7.80. The maximum absolute atomic E-state index is 13.5. The Hall–Kier alpha value is -1.20. The summed E-state index contributed by atoms with van der Waals surface area (Å²) in [5.74, 6) is -0.242. The van der Waals surface area contributed by atoms with Crippen molar-refractivity contribution in [1.82, 2.24) is 0 Å². The molecule has 1 aromatic carbocycles.